The van der Waals surface area contributed by atoms with Crippen LogP contribution in [0.4, 0.5) is 0 Å². The Morgan fingerprint density at radius 3 is 1.87 bits per heavy atom. The maximum atomic E-state index is 14.4. The number of rotatable bonds is 5. The average Bonchev–Trinajstić information content (AvgIpc) is 3.23. The summed E-state index contributed by atoms with van der Waals surface area (Å²) < 4.78 is 13.5. The van der Waals surface area contributed by atoms with Gasteiger partial charge in [0.25, 0.3) is 0 Å². The minimum absolute atomic E-state index is 0.0263. The Morgan fingerprint density at radius 1 is 0.809 bits per heavy atom. The van der Waals surface area contributed by atoms with Gasteiger partial charge >= 0.3 is 0 Å². The van der Waals surface area contributed by atoms with E-state index in [2.05, 4.69) is 0 Å². The number of allylic oxidation sites excluding steroid dienone is 2. The van der Waals surface area contributed by atoms with E-state index in [1.165, 1.54) is 13.8 Å². The van der Waals surface area contributed by atoms with E-state index in [4.69, 9.17) is 9.47 Å². The van der Waals surface area contributed by atoms with Gasteiger partial charge in [0.15, 0.2) is 23.1 Å². The lowest BCUT2D eigenvalue weighted by Gasteiger charge is -2.60. The van der Waals surface area contributed by atoms with Crippen LogP contribution in [0.25, 0.3) is 0 Å². The second-order valence-corrected chi connectivity index (χ2v) is 17.7. The lowest BCUT2D eigenvalue weighted by atomic mass is 9.48. The van der Waals surface area contributed by atoms with Gasteiger partial charge in [-0.15, -0.1) is 0 Å². The summed E-state index contributed by atoms with van der Waals surface area (Å²) in [6.07, 6.45) is 0.489. The lowest BCUT2D eigenvalue weighted by molar-refractivity contribution is -0.288. The summed E-state index contributed by atoms with van der Waals surface area (Å²) in [5.74, 6) is -7.94. The van der Waals surface area contributed by atoms with Gasteiger partial charge in [0.1, 0.15) is 28.6 Å². The number of ether oxygens (including phenoxy) is 2. The Morgan fingerprint density at radius 2 is 1.36 bits per heavy atom. The molecule has 3 N–H and O–H groups in total. The molecule has 2 fully saturated rings. The van der Waals surface area contributed by atoms with Gasteiger partial charge in [-0.05, 0) is 67.7 Å². The number of aromatic hydroxyl groups is 2. The first-order chi connectivity index (χ1) is 21.1. The van der Waals surface area contributed by atoms with Crippen LogP contribution >= 0.6 is 0 Å². The molecule has 5 rings (SSSR count). The number of Topliss-reactive ketones (excluding diaryl/α,β-unsaturated/α-hetero) is 4. The molecule has 1 saturated carbocycles. The number of phenolic OH excluding ortho intramolecular Hbond substituents is 2. The molecule has 0 aromatic heterocycles. The number of benzene rings is 1. The number of hydrogen-bond donors (Lipinski definition) is 3. The van der Waals surface area contributed by atoms with E-state index in [1.807, 2.05) is 27.7 Å². The van der Waals surface area contributed by atoms with Gasteiger partial charge in [-0.2, -0.15) is 0 Å². The highest BCUT2D eigenvalue weighted by Gasteiger charge is 2.76. The SMILES string of the molecule is CC(C)C(=O)c1c(O)c([C@H](C2=C(O)C(C)(C)C(=O)C(C)(C)C2=O)C(C)C)c(O)c2c1O[C@@]13OC(C)(C)C[C@H]1[C@@H]2C(C)(C)C(=O)C3(C)C. The summed E-state index contributed by atoms with van der Waals surface area (Å²) in [6, 6.07) is 0. The highest BCUT2D eigenvalue weighted by molar-refractivity contribution is 6.19. The van der Waals surface area contributed by atoms with Crippen molar-refractivity contribution in [1.29, 1.82) is 0 Å². The minimum atomic E-state index is -1.51. The molecule has 1 aromatic carbocycles. The zero-order valence-corrected chi connectivity index (χ0v) is 30.4. The van der Waals surface area contributed by atoms with Crippen LogP contribution in [0.5, 0.6) is 17.2 Å². The van der Waals surface area contributed by atoms with Gasteiger partial charge in [-0.3, -0.25) is 19.2 Å². The van der Waals surface area contributed by atoms with Gasteiger partial charge in [0.2, 0.25) is 5.79 Å². The predicted molar refractivity (Wildman–Crippen MR) is 176 cm³/mol. The second kappa shape index (κ2) is 9.93. The van der Waals surface area contributed by atoms with E-state index < -0.39 is 97.2 Å². The first-order valence-electron chi connectivity index (χ1n) is 16.8. The van der Waals surface area contributed by atoms with E-state index in [0.29, 0.717) is 6.42 Å². The van der Waals surface area contributed by atoms with E-state index in [0.717, 1.165) is 0 Å². The molecule has 1 saturated heterocycles. The van der Waals surface area contributed by atoms with Gasteiger partial charge in [0, 0.05) is 45.8 Å². The summed E-state index contributed by atoms with van der Waals surface area (Å²) in [6.45, 7) is 24.1. The molecule has 4 atom stereocenters. The third-order valence-corrected chi connectivity index (χ3v) is 11.7. The van der Waals surface area contributed by atoms with Gasteiger partial charge in [0.05, 0.1) is 21.8 Å². The lowest BCUT2D eigenvalue weighted by Crippen LogP contribution is -2.69. The maximum absolute atomic E-state index is 14.4. The number of fused-ring (bicyclic) bond motifs is 2. The molecule has 4 aliphatic rings. The van der Waals surface area contributed by atoms with Crippen molar-refractivity contribution in [2.45, 2.75) is 127 Å². The molecule has 2 aliphatic heterocycles. The van der Waals surface area contributed by atoms with E-state index in [9.17, 15) is 34.5 Å². The number of phenols is 2. The maximum Gasteiger partial charge on any atom is 0.226 e. The van der Waals surface area contributed by atoms with Crippen LogP contribution in [-0.2, 0) is 19.1 Å². The number of aliphatic hydroxyl groups is 1. The fourth-order valence-corrected chi connectivity index (χ4v) is 9.49. The monoisotopic (exact) mass is 652 g/mol. The number of carbonyl (C=O) groups is 4. The van der Waals surface area contributed by atoms with E-state index >= 15 is 0 Å². The molecule has 1 aromatic rings. The summed E-state index contributed by atoms with van der Waals surface area (Å²) in [5, 5.41) is 36.4. The number of hydrogen-bond acceptors (Lipinski definition) is 9. The molecule has 2 aliphatic carbocycles. The first-order valence-corrected chi connectivity index (χ1v) is 16.8. The largest absolute Gasteiger partial charge is 0.511 e. The Kier molecular flexibility index (Phi) is 7.42. The van der Waals surface area contributed by atoms with Gasteiger partial charge < -0.3 is 24.8 Å². The van der Waals surface area contributed by atoms with Crippen molar-refractivity contribution in [3.05, 3.63) is 28.0 Å². The third-order valence-electron chi connectivity index (χ3n) is 11.7. The van der Waals surface area contributed by atoms with Crippen LogP contribution in [0.2, 0.25) is 0 Å². The predicted octanol–water partition coefficient (Wildman–Crippen LogP) is 7.31. The molecule has 9 nitrogen and oxygen atoms in total. The van der Waals surface area contributed by atoms with Crippen molar-refractivity contribution in [2.24, 2.45) is 39.4 Å². The molecule has 2 heterocycles. The fourth-order valence-electron chi connectivity index (χ4n) is 9.49. The third kappa shape index (κ3) is 4.23. The highest BCUT2D eigenvalue weighted by atomic mass is 16.7. The molecule has 0 unspecified atom stereocenters. The van der Waals surface area contributed by atoms with Crippen LogP contribution in [0.3, 0.4) is 0 Å². The van der Waals surface area contributed by atoms with E-state index in [1.54, 1.807) is 55.4 Å². The molecular weight excluding hydrogens is 600 g/mol. The summed E-state index contributed by atoms with van der Waals surface area (Å²) >= 11 is 0. The topological polar surface area (TPSA) is 147 Å². The summed E-state index contributed by atoms with van der Waals surface area (Å²) in [5.41, 5.74) is -6.07. The zero-order valence-electron chi connectivity index (χ0n) is 30.4. The highest BCUT2D eigenvalue weighted by Crippen LogP contribution is 2.72. The Hall–Kier alpha value is -3.20. The fraction of sp³-hybridized carbons (Fsp3) is 0.684. The Labute approximate surface area is 278 Å². The van der Waals surface area contributed by atoms with Crippen molar-refractivity contribution >= 4 is 23.1 Å². The number of carbonyl (C=O) groups excluding carboxylic acids is 4. The van der Waals surface area contributed by atoms with Crippen LogP contribution < -0.4 is 4.74 Å². The molecule has 0 spiro atoms. The molecule has 47 heavy (non-hydrogen) atoms. The minimum Gasteiger partial charge on any atom is -0.511 e. The van der Waals surface area contributed by atoms with Crippen LogP contribution in [0.15, 0.2) is 11.3 Å². The smallest absolute Gasteiger partial charge is 0.226 e. The Bertz CT molecular complexity index is 1670. The number of ketones is 4. The normalized spacial score (nSPS) is 30.3. The first kappa shape index (κ1) is 35.1. The second-order valence-electron chi connectivity index (χ2n) is 17.7. The summed E-state index contributed by atoms with van der Waals surface area (Å²) in [7, 11) is 0. The van der Waals surface area contributed by atoms with Crippen LogP contribution in [0, 0.1) is 39.4 Å². The van der Waals surface area contributed by atoms with Crippen molar-refractivity contribution < 1.29 is 44.0 Å². The molecule has 2 bridgehead atoms. The van der Waals surface area contributed by atoms with Crippen molar-refractivity contribution in [3.8, 4) is 17.2 Å². The quantitative estimate of drug-likeness (QED) is 0.220. The van der Waals surface area contributed by atoms with Crippen molar-refractivity contribution in [3.63, 3.8) is 0 Å². The van der Waals surface area contributed by atoms with Gasteiger partial charge in [-0.25, -0.2) is 0 Å². The van der Waals surface area contributed by atoms with Crippen molar-refractivity contribution in [2.75, 3.05) is 0 Å². The molecule has 0 radical (unpaired) electrons. The average molecular weight is 653 g/mol. The molecule has 258 valence electrons. The Balaban J connectivity index is 1.96. The summed E-state index contributed by atoms with van der Waals surface area (Å²) in [4.78, 5) is 56.2. The van der Waals surface area contributed by atoms with Crippen LogP contribution in [-0.4, -0.2) is 49.8 Å². The van der Waals surface area contributed by atoms with Crippen LogP contribution in [0.1, 0.15) is 137 Å². The van der Waals surface area contributed by atoms with Gasteiger partial charge in [-0.1, -0.05) is 41.5 Å². The van der Waals surface area contributed by atoms with E-state index in [-0.39, 0.29) is 33.8 Å². The molecule has 9 heteroatoms. The molecule has 0 amide bonds. The van der Waals surface area contributed by atoms with Crippen molar-refractivity contribution in [1.82, 2.24) is 0 Å². The molecular formula is C38H52O9. The standard InChI is InChI=1S/C38H52O9/c1-16(2)19(21-29(42)35(9,10)31(44)36(11,12)30(21)43)20-26(40)22-24-18-15-33(5,6)47-38(18,37(13,14)32(45)34(24,7)8)46-28(22)23(27(20)41)25(39)17(3)4/h16-19,24,40-42H,15H2,1-14H3/t18-,19+,24-,38+/m0/s1. The number of aliphatic hydroxyl groups excluding tert-OH is 1. The zero-order chi connectivity index (χ0) is 35.9.